The van der Waals surface area contributed by atoms with Crippen LogP contribution in [-0.4, -0.2) is 4.57 Å². The molecule has 0 spiro atoms. The zero-order chi connectivity index (χ0) is 48.0. The molecule has 0 aliphatic heterocycles. The summed E-state index contributed by atoms with van der Waals surface area (Å²) in [6.07, 6.45) is 0. The van der Waals surface area contributed by atoms with Crippen LogP contribution in [0.5, 0.6) is 0 Å². The first kappa shape index (κ1) is 41.5. The van der Waals surface area contributed by atoms with Crippen molar-refractivity contribution in [3.05, 3.63) is 267 Å². The van der Waals surface area contributed by atoms with Gasteiger partial charge in [0.25, 0.3) is 0 Å². The smallest absolute Gasteiger partial charge is 0.0541 e. The van der Waals surface area contributed by atoms with Crippen molar-refractivity contribution in [1.29, 1.82) is 0 Å². The predicted octanol–water partition coefficient (Wildman–Crippen LogP) is 20.2. The second-order valence-electron chi connectivity index (χ2n) is 19.2. The molecule has 73 heavy (non-hydrogen) atoms. The second-order valence-corrected chi connectivity index (χ2v) is 20.2. The maximum absolute atomic E-state index is 2.47. The fraction of sp³-hybridized carbons (Fsp3) is 0. The first-order valence-electron chi connectivity index (χ1n) is 25.1. The predicted molar refractivity (Wildman–Crippen MR) is 315 cm³/mol. The van der Waals surface area contributed by atoms with Gasteiger partial charge >= 0.3 is 0 Å². The van der Waals surface area contributed by atoms with Crippen LogP contribution in [0.1, 0.15) is 0 Å². The molecule has 15 rings (SSSR count). The standard InChI is InChI=1S/C70H44N2S/c1-2-16-50(17-3-1)71(52-36-30-47(31-37-52)56-25-13-26-63-62-23-10-11-27-69(62)73-70(56)63)51-34-28-45(29-35-51)48-32-40-67-65(42-48)66-43-49(55-24-12-15-46-14-4-5-18-54(46)55)33-41-68(66)72(67)53-38-39-61-59-21-7-6-19-57(59)58-20-8-9-22-60(58)64(61)44-53/h1-44H. The van der Waals surface area contributed by atoms with Crippen LogP contribution in [0, 0.1) is 0 Å². The fourth-order valence-electron chi connectivity index (χ4n) is 11.8. The quantitative estimate of drug-likeness (QED) is 0.145. The highest BCUT2D eigenvalue weighted by Crippen LogP contribution is 2.44. The number of benzene rings is 13. The molecule has 2 aromatic heterocycles. The summed E-state index contributed by atoms with van der Waals surface area (Å²) in [6, 6.07) is 98.5. The third-order valence-corrected chi connectivity index (χ3v) is 16.4. The van der Waals surface area contributed by atoms with E-state index in [1.807, 2.05) is 11.3 Å². The monoisotopic (exact) mass is 944 g/mol. The van der Waals surface area contributed by atoms with E-state index in [0.29, 0.717) is 0 Å². The molecule has 2 heterocycles. The summed E-state index contributed by atoms with van der Waals surface area (Å²) in [4.78, 5) is 2.36. The van der Waals surface area contributed by atoms with Crippen LogP contribution in [0.15, 0.2) is 267 Å². The molecule has 0 unspecified atom stereocenters. The molecule has 0 aliphatic carbocycles. The van der Waals surface area contributed by atoms with Crippen molar-refractivity contribution in [3.8, 4) is 39.1 Å². The zero-order valence-electron chi connectivity index (χ0n) is 39.7. The average molecular weight is 945 g/mol. The molecule has 0 saturated carbocycles. The molecule has 2 nitrogen and oxygen atoms in total. The molecule has 0 atom stereocenters. The van der Waals surface area contributed by atoms with Crippen LogP contribution in [0.4, 0.5) is 17.1 Å². The summed E-state index contributed by atoms with van der Waals surface area (Å²) in [7, 11) is 0. The van der Waals surface area contributed by atoms with Crippen LogP contribution in [-0.2, 0) is 0 Å². The minimum Gasteiger partial charge on any atom is -0.311 e. The van der Waals surface area contributed by atoms with Gasteiger partial charge < -0.3 is 9.47 Å². The minimum atomic E-state index is 1.10. The van der Waals surface area contributed by atoms with Gasteiger partial charge in [0.2, 0.25) is 0 Å². The highest BCUT2D eigenvalue weighted by molar-refractivity contribution is 7.26. The highest BCUT2D eigenvalue weighted by Gasteiger charge is 2.19. The van der Waals surface area contributed by atoms with Crippen molar-refractivity contribution in [2.75, 3.05) is 4.90 Å². The van der Waals surface area contributed by atoms with Gasteiger partial charge in [-0.15, -0.1) is 11.3 Å². The molecule has 0 bridgehead atoms. The van der Waals surface area contributed by atoms with Gasteiger partial charge in [0.1, 0.15) is 0 Å². The lowest BCUT2D eigenvalue weighted by molar-refractivity contribution is 1.19. The number of fused-ring (bicyclic) bond motifs is 13. The van der Waals surface area contributed by atoms with Crippen molar-refractivity contribution in [3.63, 3.8) is 0 Å². The topological polar surface area (TPSA) is 8.17 Å². The number of hydrogen-bond acceptors (Lipinski definition) is 2. The Morgan fingerprint density at radius 1 is 0.274 bits per heavy atom. The van der Waals surface area contributed by atoms with E-state index in [1.54, 1.807) is 0 Å². The number of nitrogens with zero attached hydrogens (tertiary/aromatic N) is 2. The van der Waals surface area contributed by atoms with Gasteiger partial charge in [-0.1, -0.05) is 188 Å². The van der Waals surface area contributed by atoms with E-state index < -0.39 is 0 Å². The molecule has 0 saturated heterocycles. The summed E-state index contributed by atoms with van der Waals surface area (Å²) in [6.45, 7) is 0. The Kier molecular flexibility index (Phi) is 9.48. The lowest BCUT2D eigenvalue weighted by Crippen LogP contribution is -2.09. The third-order valence-electron chi connectivity index (χ3n) is 15.2. The van der Waals surface area contributed by atoms with Gasteiger partial charge in [-0.05, 0) is 155 Å². The summed E-state index contributed by atoms with van der Waals surface area (Å²) in [5.41, 5.74) is 14.1. The van der Waals surface area contributed by atoms with E-state index in [-0.39, 0.29) is 0 Å². The van der Waals surface area contributed by atoms with Gasteiger partial charge in [-0.3, -0.25) is 0 Å². The maximum Gasteiger partial charge on any atom is 0.0541 e. The zero-order valence-corrected chi connectivity index (χ0v) is 40.5. The molecule has 0 aliphatic rings. The van der Waals surface area contributed by atoms with Crippen LogP contribution in [0.25, 0.3) is 124 Å². The molecule has 3 heteroatoms. The largest absolute Gasteiger partial charge is 0.311 e. The molecule has 15 aromatic rings. The Hall–Kier alpha value is -9.28. The van der Waals surface area contributed by atoms with E-state index in [0.717, 1.165) is 22.7 Å². The normalized spacial score (nSPS) is 11.8. The Bertz CT molecular complexity index is 4620. The lowest BCUT2D eigenvalue weighted by atomic mass is 9.94. The van der Waals surface area contributed by atoms with Crippen molar-refractivity contribution >= 4 is 113 Å². The van der Waals surface area contributed by atoms with E-state index in [2.05, 4.69) is 276 Å². The van der Waals surface area contributed by atoms with Crippen molar-refractivity contribution in [2.24, 2.45) is 0 Å². The number of thiophene rings is 1. The van der Waals surface area contributed by atoms with Gasteiger partial charge in [0.05, 0.1) is 11.0 Å². The Balaban J connectivity index is 0.854. The Morgan fingerprint density at radius 3 is 1.48 bits per heavy atom. The molecule has 0 N–H and O–H groups in total. The SMILES string of the molecule is c1ccc(N(c2ccc(-c3ccc4c(c3)c3cc(-c5cccc6ccccc56)ccc3n4-c3ccc4c5ccccc5c5ccccc5c4c3)cc2)c2ccc(-c3cccc4c3sc3ccccc34)cc2)cc1. The van der Waals surface area contributed by atoms with Gasteiger partial charge in [-0.25, -0.2) is 0 Å². The van der Waals surface area contributed by atoms with Crippen LogP contribution in [0.2, 0.25) is 0 Å². The molecule has 13 aromatic carbocycles. The van der Waals surface area contributed by atoms with E-state index >= 15 is 0 Å². The molecule has 0 fully saturated rings. The maximum atomic E-state index is 2.47. The van der Waals surface area contributed by atoms with Crippen molar-refractivity contribution in [1.82, 2.24) is 4.57 Å². The molecule has 0 amide bonds. The highest BCUT2D eigenvalue weighted by atomic mass is 32.1. The second kappa shape index (κ2) is 16.7. The lowest BCUT2D eigenvalue weighted by Gasteiger charge is -2.26. The fourth-order valence-corrected chi connectivity index (χ4v) is 13.0. The Morgan fingerprint density at radius 2 is 0.767 bits per heavy atom. The molecular weight excluding hydrogens is 901 g/mol. The minimum absolute atomic E-state index is 1.10. The number of rotatable bonds is 7. The Labute approximate surface area is 426 Å². The first-order chi connectivity index (χ1) is 36.2. The third kappa shape index (κ3) is 6.70. The number of anilines is 3. The van der Waals surface area contributed by atoms with Gasteiger partial charge in [0, 0.05) is 53.7 Å². The van der Waals surface area contributed by atoms with Crippen LogP contribution in [0.3, 0.4) is 0 Å². The number of hydrogen-bond donors (Lipinski definition) is 0. The van der Waals surface area contributed by atoms with Crippen molar-refractivity contribution < 1.29 is 0 Å². The molecule has 340 valence electrons. The summed E-state index contributed by atoms with van der Waals surface area (Å²) >= 11 is 1.88. The summed E-state index contributed by atoms with van der Waals surface area (Å²) < 4.78 is 5.12. The molecular formula is C70H44N2S. The molecule has 0 radical (unpaired) electrons. The van der Waals surface area contributed by atoms with E-state index in [4.69, 9.17) is 0 Å². The van der Waals surface area contributed by atoms with Crippen LogP contribution < -0.4 is 4.90 Å². The average Bonchev–Trinajstić information content (AvgIpc) is 4.01. The van der Waals surface area contributed by atoms with Gasteiger partial charge in [0.15, 0.2) is 0 Å². The van der Waals surface area contributed by atoms with E-state index in [1.165, 1.54) is 118 Å². The summed E-state index contributed by atoms with van der Waals surface area (Å²) in [5, 5.41) is 15.2. The van der Waals surface area contributed by atoms with Crippen LogP contribution >= 0.6 is 11.3 Å². The summed E-state index contributed by atoms with van der Waals surface area (Å²) in [5.74, 6) is 0. The first-order valence-corrected chi connectivity index (χ1v) is 25.9. The number of aromatic nitrogens is 1. The van der Waals surface area contributed by atoms with Crippen molar-refractivity contribution in [2.45, 2.75) is 0 Å². The van der Waals surface area contributed by atoms with Gasteiger partial charge in [-0.2, -0.15) is 0 Å². The van der Waals surface area contributed by atoms with E-state index in [9.17, 15) is 0 Å². The number of para-hydroxylation sites is 1.